The Morgan fingerprint density at radius 2 is 1.95 bits per heavy atom. The summed E-state index contributed by atoms with van der Waals surface area (Å²) in [6, 6.07) is 0. The Labute approximate surface area is 121 Å². The van der Waals surface area contributed by atoms with Gasteiger partial charge in [0, 0.05) is 5.41 Å². The molecule has 0 aliphatic rings. The van der Waals surface area contributed by atoms with E-state index < -0.39 is 11.4 Å². The van der Waals surface area contributed by atoms with Gasteiger partial charge in [0.05, 0.1) is 19.3 Å². The van der Waals surface area contributed by atoms with E-state index in [9.17, 15) is 14.4 Å². The van der Waals surface area contributed by atoms with Crippen LogP contribution in [0, 0.1) is 5.41 Å². The molecule has 0 radical (unpaired) electrons. The van der Waals surface area contributed by atoms with E-state index in [0.717, 1.165) is 4.68 Å². The third kappa shape index (κ3) is 6.02. The zero-order valence-electron chi connectivity index (χ0n) is 12.2. The summed E-state index contributed by atoms with van der Waals surface area (Å²) in [5, 5.41) is 21.0. The lowest BCUT2D eigenvalue weighted by Gasteiger charge is -2.17. The van der Waals surface area contributed by atoms with Crippen LogP contribution in [0.5, 0.6) is 0 Å². The number of aliphatic carboxylic acids is 1. The molecule has 1 aromatic rings. The second-order valence-corrected chi connectivity index (χ2v) is 5.51. The van der Waals surface area contributed by atoms with Crippen molar-refractivity contribution in [1.82, 2.24) is 25.6 Å². The van der Waals surface area contributed by atoms with E-state index in [4.69, 9.17) is 5.11 Å². The molecule has 0 saturated carbocycles. The number of carbonyl (C=O) groups excluding carboxylic acids is 2. The zero-order chi connectivity index (χ0) is 16.0. The molecule has 0 aliphatic heterocycles. The van der Waals surface area contributed by atoms with Crippen LogP contribution in [0.3, 0.4) is 0 Å². The van der Waals surface area contributed by atoms with Gasteiger partial charge >= 0.3 is 5.97 Å². The summed E-state index contributed by atoms with van der Waals surface area (Å²) in [5.74, 6) is -1.61. The Hall–Kier alpha value is -2.45. The van der Waals surface area contributed by atoms with E-state index in [-0.39, 0.29) is 31.4 Å². The van der Waals surface area contributed by atoms with Crippen molar-refractivity contribution in [2.75, 3.05) is 6.54 Å². The highest BCUT2D eigenvalue weighted by molar-refractivity contribution is 5.87. The van der Waals surface area contributed by atoms with Gasteiger partial charge in [0.25, 0.3) is 0 Å². The number of hydrogen-bond donors (Lipinski definition) is 3. The normalized spacial score (nSPS) is 11.0. The number of aromatic nitrogens is 3. The summed E-state index contributed by atoms with van der Waals surface area (Å²) in [7, 11) is 0. The minimum absolute atomic E-state index is 0.115. The van der Waals surface area contributed by atoms with Crippen molar-refractivity contribution in [2.24, 2.45) is 5.41 Å². The van der Waals surface area contributed by atoms with Gasteiger partial charge < -0.3 is 15.7 Å². The molecule has 0 aliphatic carbocycles. The smallest absolute Gasteiger partial charge is 0.325 e. The van der Waals surface area contributed by atoms with Gasteiger partial charge in [-0.15, -0.1) is 5.10 Å². The molecule has 3 N–H and O–H groups in total. The molecule has 116 valence electrons. The van der Waals surface area contributed by atoms with E-state index in [1.54, 1.807) is 20.8 Å². The Balaban J connectivity index is 2.35. The number of nitrogens with zero attached hydrogens (tertiary/aromatic N) is 3. The van der Waals surface area contributed by atoms with Gasteiger partial charge in [-0.1, -0.05) is 26.0 Å². The lowest BCUT2D eigenvalue weighted by atomic mass is 9.96. The molecule has 1 rings (SSSR count). The minimum Gasteiger partial charge on any atom is -0.480 e. The molecule has 9 heteroatoms. The number of rotatable bonds is 6. The molecule has 1 heterocycles. The van der Waals surface area contributed by atoms with Gasteiger partial charge in [0.2, 0.25) is 11.8 Å². The Morgan fingerprint density at radius 1 is 1.29 bits per heavy atom. The molecule has 0 spiro atoms. The maximum Gasteiger partial charge on any atom is 0.325 e. The summed E-state index contributed by atoms with van der Waals surface area (Å²) >= 11 is 0. The number of hydrogen-bond acceptors (Lipinski definition) is 5. The van der Waals surface area contributed by atoms with Crippen LogP contribution >= 0.6 is 0 Å². The largest absolute Gasteiger partial charge is 0.480 e. The van der Waals surface area contributed by atoms with Gasteiger partial charge in [-0.25, -0.2) is 4.68 Å². The van der Waals surface area contributed by atoms with Crippen LogP contribution in [-0.2, 0) is 27.5 Å². The molecule has 0 aromatic carbocycles. The predicted octanol–water partition coefficient (Wildman–Crippen LogP) is -0.859. The molecule has 9 nitrogen and oxygen atoms in total. The molecule has 2 amide bonds. The Bertz CT molecular complexity index is 532. The SMILES string of the molecule is CC(C)(C)C(=O)NCC(=O)NCc1cn(CC(=O)O)nn1. The monoisotopic (exact) mass is 297 g/mol. The maximum atomic E-state index is 11.6. The Kier molecular flexibility index (Phi) is 5.39. The molecule has 0 unspecified atom stereocenters. The standard InChI is InChI=1S/C12H19N5O4/c1-12(2,3)11(21)14-5-9(18)13-4-8-6-17(16-15-8)7-10(19)20/h6H,4-5,7H2,1-3H3,(H,13,18)(H,14,21)(H,19,20). The second kappa shape index (κ2) is 6.82. The van der Waals surface area contributed by atoms with Crippen molar-refractivity contribution in [1.29, 1.82) is 0 Å². The van der Waals surface area contributed by atoms with Crippen molar-refractivity contribution in [3.05, 3.63) is 11.9 Å². The van der Waals surface area contributed by atoms with Crippen LogP contribution in [-0.4, -0.2) is 44.4 Å². The number of carboxylic acid groups (broad SMARTS) is 1. The van der Waals surface area contributed by atoms with E-state index in [1.165, 1.54) is 6.20 Å². The van der Waals surface area contributed by atoms with E-state index in [2.05, 4.69) is 20.9 Å². The summed E-state index contributed by atoms with van der Waals surface area (Å²) in [6.07, 6.45) is 1.43. The number of amides is 2. The van der Waals surface area contributed by atoms with Crippen molar-refractivity contribution < 1.29 is 19.5 Å². The third-order valence-electron chi connectivity index (χ3n) is 2.44. The quantitative estimate of drug-likeness (QED) is 0.627. The van der Waals surface area contributed by atoms with Crippen LogP contribution in [0.2, 0.25) is 0 Å². The van der Waals surface area contributed by atoms with Crippen LogP contribution in [0.25, 0.3) is 0 Å². The first kappa shape index (κ1) is 16.6. The lowest BCUT2D eigenvalue weighted by Crippen LogP contribution is -2.41. The fourth-order valence-corrected chi connectivity index (χ4v) is 1.31. The highest BCUT2D eigenvalue weighted by Crippen LogP contribution is 2.11. The lowest BCUT2D eigenvalue weighted by molar-refractivity contribution is -0.138. The van der Waals surface area contributed by atoms with Gasteiger partial charge in [-0.05, 0) is 0 Å². The molecule has 1 aromatic heterocycles. The number of carbonyl (C=O) groups is 3. The first-order valence-corrected chi connectivity index (χ1v) is 6.34. The number of nitrogens with one attached hydrogen (secondary N) is 2. The Morgan fingerprint density at radius 3 is 2.52 bits per heavy atom. The fraction of sp³-hybridized carbons (Fsp3) is 0.583. The number of carboxylic acids is 1. The van der Waals surface area contributed by atoms with Crippen LogP contribution in [0.4, 0.5) is 0 Å². The van der Waals surface area contributed by atoms with Gasteiger partial charge in [-0.3, -0.25) is 14.4 Å². The van der Waals surface area contributed by atoms with Crippen molar-refractivity contribution >= 4 is 17.8 Å². The summed E-state index contributed by atoms with van der Waals surface area (Å²) in [6.45, 7) is 4.95. The topological polar surface area (TPSA) is 126 Å². The molecular weight excluding hydrogens is 278 g/mol. The average Bonchev–Trinajstić information content (AvgIpc) is 2.78. The van der Waals surface area contributed by atoms with Crippen molar-refractivity contribution in [3.8, 4) is 0 Å². The highest BCUT2D eigenvalue weighted by Gasteiger charge is 2.21. The molecule has 21 heavy (non-hydrogen) atoms. The average molecular weight is 297 g/mol. The van der Waals surface area contributed by atoms with Crippen molar-refractivity contribution in [3.63, 3.8) is 0 Å². The maximum absolute atomic E-state index is 11.6. The summed E-state index contributed by atoms with van der Waals surface area (Å²) in [4.78, 5) is 33.6. The first-order valence-electron chi connectivity index (χ1n) is 6.34. The second-order valence-electron chi connectivity index (χ2n) is 5.51. The molecule has 0 saturated heterocycles. The van der Waals surface area contributed by atoms with Gasteiger partial charge in [-0.2, -0.15) is 0 Å². The summed E-state index contributed by atoms with van der Waals surface area (Å²) in [5.41, 5.74) is -0.119. The van der Waals surface area contributed by atoms with E-state index >= 15 is 0 Å². The molecule has 0 fully saturated rings. The highest BCUT2D eigenvalue weighted by atomic mass is 16.4. The fourth-order valence-electron chi connectivity index (χ4n) is 1.31. The predicted molar refractivity (Wildman–Crippen MR) is 72.0 cm³/mol. The van der Waals surface area contributed by atoms with E-state index in [1.807, 2.05) is 0 Å². The van der Waals surface area contributed by atoms with Crippen molar-refractivity contribution in [2.45, 2.75) is 33.9 Å². The third-order valence-corrected chi connectivity index (χ3v) is 2.44. The van der Waals surface area contributed by atoms with Gasteiger partial charge in [0.1, 0.15) is 12.2 Å². The summed E-state index contributed by atoms with van der Waals surface area (Å²) < 4.78 is 1.16. The van der Waals surface area contributed by atoms with Gasteiger partial charge in [0.15, 0.2) is 0 Å². The molecule has 0 atom stereocenters. The van der Waals surface area contributed by atoms with Crippen LogP contribution < -0.4 is 10.6 Å². The molecule has 0 bridgehead atoms. The van der Waals surface area contributed by atoms with Crippen LogP contribution in [0.15, 0.2) is 6.20 Å². The molecular formula is C12H19N5O4. The minimum atomic E-state index is -1.03. The first-order chi connectivity index (χ1) is 9.68. The van der Waals surface area contributed by atoms with E-state index in [0.29, 0.717) is 5.69 Å². The zero-order valence-corrected chi connectivity index (χ0v) is 12.2. The van der Waals surface area contributed by atoms with Crippen LogP contribution in [0.1, 0.15) is 26.5 Å².